The Morgan fingerprint density at radius 3 is 1.09 bits per heavy atom. The summed E-state index contributed by atoms with van der Waals surface area (Å²) in [5, 5.41) is 0.585. The largest absolute Gasteiger partial charge is 0.487 e. The van der Waals surface area contributed by atoms with E-state index in [1.54, 1.807) is 24.3 Å². The molecule has 0 fully saturated rings. The maximum Gasteiger partial charge on any atom is 0.266 e. The third-order valence-corrected chi connectivity index (χ3v) is 12.1. The van der Waals surface area contributed by atoms with Gasteiger partial charge in [0.1, 0.15) is 24.7 Å². The van der Waals surface area contributed by atoms with E-state index in [9.17, 15) is 19.2 Å². The topological polar surface area (TPSA) is 93.2 Å². The van der Waals surface area contributed by atoms with Gasteiger partial charge in [0, 0.05) is 33.0 Å². The van der Waals surface area contributed by atoms with Crippen LogP contribution in [0.2, 0.25) is 0 Å². The summed E-state index contributed by atoms with van der Waals surface area (Å²) < 4.78 is 12.6. The minimum atomic E-state index is -0.564. The van der Waals surface area contributed by atoms with Crippen LogP contribution in [0.5, 0.6) is 11.5 Å². The van der Waals surface area contributed by atoms with Crippen LogP contribution < -0.4 is 19.3 Å². The van der Waals surface area contributed by atoms with E-state index < -0.39 is 23.6 Å². The molecule has 0 N–H and O–H groups in total. The summed E-state index contributed by atoms with van der Waals surface area (Å²) in [6.45, 7) is 13.1. The van der Waals surface area contributed by atoms with Gasteiger partial charge in [0.15, 0.2) is 0 Å². The summed E-state index contributed by atoms with van der Waals surface area (Å²) in [5.74, 6) is -1.49. The van der Waals surface area contributed by atoms with E-state index in [0.29, 0.717) is 33.6 Å². The number of benzene rings is 6. The van der Waals surface area contributed by atoms with Gasteiger partial charge in [0.05, 0.1) is 11.4 Å². The average Bonchev–Trinajstić information content (AvgIpc) is 3.24. The van der Waals surface area contributed by atoms with E-state index >= 15 is 0 Å². The van der Waals surface area contributed by atoms with Gasteiger partial charge in [-0.25, -0.2) is 9.80 Å². The van der Waals surface area contributed by atoms with Crippen molar-refractivity contribution in [1.82, 2.24) is 0 Å². The van der Waals surface area contributed by atoms with Crippen molar-refractivity contribution in [3.8, 4) is 11.5 Å². The number of carbonyl (C=O) groups excluding carboxylic acids is 4. The first kappa shape index (κ1) is 38.3. The van der Waals surface area contributed by atoms with Crippen molar-refractivity contribution in [3.05, 3.63) is 166 Å². The normalized spacial score (nSPS) is 14.0. The number of amides is 4. The van der Waals surface area contributed by atoms with Crippen LogP contribution in [0.3, 0.4) is 0 Å². The Morgan fingerprint density at radius 1 is 0.448 bits per heavy atom. The summed E-state index contributed by atoms with van der Waals surface area (Å²) in [4.78, 5) is 61.1. The number of ether oxygens (including phenoxy) is 2. The lowest BCUT2D eigenvalue weighted by Gasteiger charge is -2.34. The van der Waals surface area contributed by atoms with Gasteiger partial charge in [-0.2, -0.15) is 0 Å². The monoisotopic (exact) mass is 770 g/mol. The van der Waals surface area contributed by atoms with Gasteiger partial charge < -0.3 is 9.47 Å². The van der Waals surface area contributed by atoms with Gasteiger partial charge in [-0.1, -0.05) is 114 Å². The highest BCUT2D eigenvalue weighted by molar-refractivity contribution is 6.42. The molecule has 292 valence electrons. The van der Waals surface area contributed by atoms with Crippen LogP contribution in [0.15, 0.2) is 121 Å². The van der Waals surface area contributed by atoms with Crippen molar-refractivity contribution in [3.63, 3.8) is 0 Å². The zero-order valence-corrected chi connectivity index (χ0v) is 33.7. The molecule has 8 rings (SSSR count). The van der Waals surface area contributed by atoms with Crippen molar-refractivity contribution >= 4 is 45.8 Å². The number of hydrogen-bond donors (Lipinski definition) is 0. The Balaban J connectivity index is 1.22. The maximum absolute atomic E-state index is 14.7. The second-order valence-corrected chi connectivity index (χ2v) is 16.4. The van der Waals surface area contributed by atoms with E-state index in [4.69, 9.17) is 9.47 Å². The molecule has 8 nitrogen and oxygen atoms in total. The smallest absolute Gasteiger partial charge is 0.266 e. The summed E-state index contributed by atoms with van der Waals surface area (Å²) >= 11 is 0. The highest BCUT2D eigenvalue weighted by atomic mass is 16.5. The van der Waals surface area contributed by atoms with Crippen molar-refractivity contribution in [2.24, 2.45) is 0 Å². The zero-order valence-electron chi connectivity index (χ0n) is 33.7. The summed E-state index contributed by atoms with van der Waals surface area (Å²) in [7, 11) is 0. The first-order chi connectivity index (χ1) is 27.8. The molecule has 6 aromatic rings. The molecule has 2 aliphatic rings. The highest BCUT2D eigenvalue weighted by Crippen LogP contribution is 2.45. The molecule has 58 heavy (non-hydrogen) atoms. The first-order valence-electron chi connectivity index (χ1n) is 19.8. The van der Waals surface area contributed by atoms with Gasteiger partial charge in [-0.05, 0) is 94.5 Å². The van der Waals surface area contributed by atoms with E-state index in [0.717, 1.165) is 35.1 Å². The Labute approximate surface area is 339 Å². The van der Waals surface area contributed by atoms with Crippen molar-refractivity contribution in [2.45, 2.75) is 78.4 Å². The predicted octanol–water partition coefficient (Wildman–Crippen LogP) is 11.0. The molecular weight excluding hydrogens is 725 g/mol. The molecule has 0 aromatic heterocycles. The summed E-state index contributed by atoms with van der Waals surface area (Å²) in [6, 6.07) is 37.1. The minimum absolute atomic E-state index is 0.219. The predicted molar refractivity (Wildman–Crippen MR) is 227 cm³/mol. The molecule has 0 unspecified atom stereocenters. The van der Waals surface area contributed by atoms with Crippen molar-refractivity contribution < 1.29 is 28.7 Å². The SMILES string of the molecule is CCC(C)(C)c1ccc(OCc2ccccc2)c(N2C(=O)c3ccc4c5c(ccc(c35)C2=O)C(=O)N(c2cc(C(C)(C)CC)ccc2OCc2ccccc2)C4=O)c1. The zero-order chi connectivity index (χ0) is 40.9. The molecule has 0 bridgehead atoms. The van der Waals surface area contributed by atoms with Crippen LogP contribution in [0, 0.1) is 0 Å². The van der Waals surface area contributed by atoms with E-state index in [-0.39, 0.29) is 46.3 Å². The van der Waals surface area contributed by atoms with Gasteiger partial charge in [-0.15, -0.1) is 0 Å². The fourth-order valence-corrected chi connectivity index (χ4v) is 7.66. The number of carbonyl (C=O) groups is 4. The van der Waals surface area contributed by atoms with E-state index in [2.05, 4.69) is 41.5 Å². The Kier molecular flexibility index (Phi) is 9.75. The molecule has 0 radical (unpaired) electrons. The average molecular weight is 771 g/mol. The number of nitrogens with zero attached hydrogens (tertiary/aromatic N) is 2. The lowest BCUT2D eigenvalue weighted by Crippen LogP contribution is -2.43. The molecule has 8 heteroatoms. The van der Waals surface area contributed by atoms with E-state index in [1.165, 1.54) is 9.80 Å². The third kappa shape index (κ3) is 6.52. The van der Waals surface area contributed by atoms with Crippen LogP contribution in [-0.2, 0) is 24.0 Å². The van der Waals surface area contributed by atoms with Gasteiger partial charge >= 0.3 is 0 Å². The second kappa shape index (κ2) is 14.8. The lowest BCUT2D eigenvalue weighted by atomic mass is 9.81. The quantitative estimate of drug-likeness (QED) is 0.115. The molecule has 6 aromatic carbocycles. The van der Waals surface area contributed by atoms with Crippen LogP contribution in [0.4, 0.5) is 11.4 Å². The van der Waals surface area contributed by atoms with Crippen molar-refractivity contribution in [2.75, 3.05) is 9.80 Å². The van der Waals surface area contributed by atoms with Gasteiger partial charge in [0.2, 0.25) is 0 Å². The van der Waals surface area contributed by atoms with Crippen molar-refractivity contribution in [1.29, 1.82) is 0 Å². The van der Waals surface area contributed by atoms with Gasteiger partial charge in [0.25, 0.3) is 23.6 Å². The lowest BCUT2D eigenvalue weighted by molar-refractivity contribution is 0.0871. The van der Waals surface area contributed by atoms with E-state index in [1.807, 2.05) is 97.1 Å². The Hall–Kier alpha value is -6.54. The summed E-state index contributed by atoms with van der Waals surface area (Å²) in [5.41, 5.74) is 4.81. The number of imide groups is 2. The molecule has 4 amide bonds. The Bertz CT molecular complexity index is 2380. The third-order valence-electron chi connectivity index (χ3n) is 12.1. The fourth-order valence-electron chi connectivity index (χ4n) is 7.66. The Morgan fingerprint density at radius 2 is 0.776 bits per heavy atom. The molecule has 2 aliphatic heterocycles. The maximum atomic E-state index is 14.7. The molecule has 0 saturated carbocycles. The first-order valence-corrected chi connectivity index (χ1v) is 19.8. The van der Waals surface area contributed by atoms with Crippen LogP contribution in [0.25, 0.3) is 10.8 Å². The standard InChI is InChI=1S/C50H46N2O6/c1-7-49(3,4)33-19-25-41(57-29-31-15-11-9-12-16-31)39(27-33)51-45(53)35-21-23-37-44-38(24-22-36(43(35)44)46(51)54)48(56)52(47(37)55)40-28-34(50(5,6)8-2)20-26-42(40)58-30-32-17-13-10-14-18-32/h9-28H,7-8,29-30H2,1-6H3. The van der Waals surface area contributed by atoms with Crippen LogP contribution in [-0.4, -0.2) is 23.6 Å². The van der Waals surface area contributed by atoms with Crippen LogP contribution in [0.1, 0.15) is 118 Å². The molecule has 0 spiro atoms. The second-order valence-electron chi connectivity index (χ2n) is 16.4. The number of hydrogen-bond acceptors (Lipinski definition) is 6. The molecule has 0 atom stereocenters. The summed E-state index contributed by atoms with van der Waals surface area (Å²) in [6.07, 6.45) is 1.65. The number of anilines is 2. The molecule has 0 saturated heterocycles. The minimum Gasteiger partial charge on any atom is -0.487 e. The molecule has 2 heterocycles. The number of rotatable bonds is 12. The highest BCUT2D eigenvalue weighted by Gasteiger charge is 2.42. The molecular formula is C50H46N2O6. The molecule has 0 aliphatic carbocycles. The fraction of sp³-hybridized carbons (Fsp3) is 0.240. The van der Waals surface area contributed by atoms with Crippen LogP contribution >= 0.6 is 0 Å². The van der Waals surface area contributed by atoms with Gasteiger partial charge in [-0.3, -0.25) is 19.2 Å².